The van der Waals surface area contributed by atoms with Crippen LogP contribution in [0.1, 0.15) is 31.2 Å². The van der Waals surface area contributed by atoms with Crippen LogP contribution < -0.4 is 10.2 Å². The maximum absolute atomic E-state index is 12.9. The predicted molar refractivity (Wildman–Crippen MR) is 111 cm³/mol. The SMILES string of the molecule is O=C(NC1(c2ccc(Br)cc2)CC1)C1CCN(c2ccccc2[N+](=O)[O-])CC1. The number of carbonyl (C=O) groups excluding carboxylic acids is 1. The summed E-state index contributed by atoms with van der Waals surface area (Å²) in [6.45, 7) is 1.29. The lowest BCUT2D eigenvalue weighted by molar-refractivity contribution is -0.384. The van der Waals surface area contributed by atoms with E-state index in [1.807, 2.05) is 23.1 Å². The Morgan fingerprint density at radius 2 is 1.75 bits per heavy atom. The molecule has 4 rings (SSSR count). The summed E-state index contributed by atoms with van der Waals surface area (Å²) in [6, 6.07) is 15.0. The van der Waals surface area contributed by atoms with Crippen LogP contribution in [0.3, 0.4) is 0 Å². The maximum atomic E-state index is 12.9. The Kier molecular flexibility index (Phi) is 5.10. The highest BCUT2D eigenvalue weighted by molar-refractivity contribution is 9.10. The van der Waals surface area contributed by atoms with Gasteiger partial charge in [0, 0.05) is 29.5 Å². The van der Waals surface area contributed by atoms with E-state index in [0.717, 1.165) is 22.9 Å². The second-order valence-electron chi connectivity index (χ2n) is 7.59. The van der Waals surface area contributed by atoms with Gasteiger partial charge >= 0.3 is 0 Å². The molecule has 1 heterocycles. The molecule has 0 bridgehead atoms. The number of piperidine rings is 1. The molecule has 2 aliphatic rings. The van der Waals surface area contributed by atoms with Crippen LogP contribution in [0.15, 0.2) is 53.0 Å². The van der Waals surface area contributed by atoms with Crippen molar-refractivity contribution in [1.29, 1.82) is 0 Å². The molecule has 1 aliphatic heterocycles. The number of hydrogen-bond donors (Lipinski definition) is 1. The molecule has 1 saturated heterocycles. The zero-order chi connectivity index (χ0) is 19.7. The van der Waals surface area contributed by atoms with Crippen molar-refractivity contribution in [2.24, 2.45) is 5.92 Å². The molecule has 6 nitrogen and oxygen atoms in total. The fourth-order valence-electron chi connectivity index (χ4n) is 3.99. The minimum Gasteiger partial charge on any atom is -0.366 e. The third-order valence-electron chi connectivity index (χ3n) is 5.79. The lowest BCUT2D eigenvalue weighted by Gasteiger charge is -2.33. The quantitative estimate of drug-likeness (QED) is 0.549. The van der Waals surface area contributed by atoms with Crippen LogP contribution in [0.2, 0.25) is 0 Å². The third-order valence-corrected chi connectivity index (χ3v) is 6.32. The van der Waals surface area contributed by atoms with E-state index in [-0.39, 0.29) is 28.0 Å². The van der Waals surface area contributed by atoms with Gasteiger partial charge in [0.2, 0.25) is 5.91 Å². The summed E-state index contributed by atoms with van der Waals surface area (Å²) in [5.41, 5.74) is 1.70. The number of benzene rings is 2. The van der Waals surface area contributed by atoms with Crippen LogP contribution >= 0.6 is 15.9 Å². The summed E-state index contributed by atoms with van der Waals surface area (Å²) in [6.07, 6.45) is 3.34. The van der Waals surface area contributed by atoms with Crippen LogP contribution in [0.5, 0.6) is 0 Å². The first kappa shape index (κ1) is 18.9. The van der Waals surface area contributed by atoms with Crippen molar-refractivity contribution >= 4 is 33.2 Å². The molecule has 1 N–H and O–H groups in total. The van der Waals surface area contributed by atoms with Crippen molar-refractivity contribution in [1.82, 2.24) is 5.32 Å². The number of halogens is 1. The number of rotatable bonds is 5. The number of nitrogens with zero attached hydrogens (tertiary/aromatic N) is 2. The van der Waals surface area contributed by atoms with Gasteiger partial charge in [-0.2, -0.15) is 0 Å². The van der Waals surface area contributed by atoms with Crippen LogP contribution in [-0.4, -0.2) is 23.9 Å². The number of carbonyl (C=O) groups is 1. The first-order chi connectivity index (χ1) is 13.5. The number of para-hydroxylation sites is 2. The molecule has 1 amide bonds. The second-order valence-corrected chi connectivity index (χ2v) is 8.50. The third kappa shape index (κ3) is 3.76. The molecule has 1 aliphatic carbocycles. The molecule has 7 heteroatoms. The van der Waals surface area contributed by atoms with E-state index in [9.17, 15) is 14.9 Å². The number of hydrogen-bond acceptors (Lipinski definition) is 4. The summed E-state index contributed by atoms with van der Waals surface area (Å²) in [5, 5.41) is 14.5. The Morgan fingerprint density at radius 3 is 2.36 bits per heavy atom. The van der Waals surface area contributed by atoms with Gasteiger partial charge in [0.25, 0.3) is 5.69 Å². The topological polar surface area (TPSA) is 75.5 Å². The molecule has 0 spiro atoms. The van der Waals surface area contributed by atoms with Gasteiger partial charge in [-0.1, -0.05) is 40.2 Å². The molecule has 0 unspecified atom stereocenters. The molecule has 1 saturated carbocycles. The van der Waals surface area contributed by atoms with Gasteiger partial charge in [-0.3, -0.25) is 14.9 Å². The lowest BCUT2D eigenvalue weighted by atomic mass is 9.94. The Balaban J connectivity index is 1.38. The van der Waals surface area contributed by atoms with Crippen molar-refractivity contribution in [3.05, 3.63) is 68.7 Å². The molecule has 0 atom stereocenters. The van der Waals surface area contributed by atoms with E-state index in [0.29, 0.717) is 31.6 Å². The predicted octanol–water partition coefficient (Wildman–Crippen LogP) is 4.38. The van der Waals surface area contributed by atoms with Crippen molar-refractivity contribution in [3.63, 3.8) is 0 Å². The molecular weight excluding hydrogens is 422 g/mol. The molecule has 0 radical (unpaired) electrons. The maximum Gasteiger partial charge on any atom is 0.292 e. The molecule has 0 aromatic heterocycles. The minimum atomic E-state index is -0.344. The summed E-state index contributed by atoms with van der Waals surface area (Å²) in [5.74, 6) is 0.0505. The van der Waals surface area contributed by atoms with Crippen molar-refractivity contribution in [2.75, 3.05) is 18.0 Å². The number of nitro groups is 1. The summed E-state index contributed by atoms with van der Waals surface area (Å²) >= 11 is 3.45. The van der Waals surface area contributed by atoms with Gasteiger partial charge in [0.05, 0.1) is 10.5 Å². The first-order valence-electron chi connectivity index (χ1n) is 9.55. The second kappa shape index (κ2) is 7.54. The van der Waals surface area contributed by atoms with Crippen molar-refractivity contribution < 1.29 is 9.72 Å². The van der Waals surface area contributed by atoms with E-state index in [2.05, 4.69) is 33.4 Å². The smallest absolute Gasteiger partial charge is 0.292 e. The number of amides is 1. The summed E-state index contributed by atoms with van der Waals surface area (Å²) < 4.78 is 1.03. The first-order valence-corrected chi connectivity index (χ1v) is 10.3. The van der Waals surface area contributed by atoms with Crippen LogP contribution in [0.4, 0.5) is 11.4 Å². The fourth-order valence-corrected chi connectivity index (χ4v) is 4.25. The van der Waals surface area contributed by atoms with Gasteiger partial charge in [-0.15, -0.1) is 0 Å². The van der Waals surface area contributed by atoms with Gasteiger partial charge < -0.3 is 10.2 Å². The fraction of sp³-hybridized carbons (Fsp3) is 0.381. The minimum absolute atomic E-state index is 0.0491. The average Bonchev–Trinajstić information content (AvgIpc) is 3.49. The summed E-state index contributed by atoms with van der Waals surface area (Å²) in [7, 11) is 0. The number of nitrogens with one attached hydrogen (secondary N) is 1. The zero-order valence-electron chi connectivity index (χ0n) is 15.4. The normalized spacial score (nSPS) is 18.5. The molecule has 146 valence electrons. The molecular formula is C21H22BrN3O3. The van der Waals surface area contributed by atoms with E-state index >= 15 is 0 Å². The van der Waals surface area contributed by atoms with Crippen LogP contribution in [-0.2, 0) is 10.3 Å². The lowest BCUT2D eigenvalue weighted by Crippen LogP contribution is -2.44. The molecule has 28 heavy (non-hydrogen) atoms. The molecule has 2 aromatic carbocycles. The van der Waals surface area contributed by atoms with Gasteiger partial charge in [-0.25, -0.2) is 0 Å². The Labute approximate surface area is 172 Å². The average molecular weight is 444 g/mol. The largest absolute Gasteiger partial charge is 0.366 e. The standard InChI is InChI=1S/C21H22BrN3O3/c22-17-7-5-16(6-8-17)21(11-12-21)23-20(26)15-9-13-24(14-10-15)18-3-1-2-4-19(18)25(27)28/h1-8,15H,9-14H2,(H,23,26). The van der Waals surface area contributed by atoms with Gasteiger partial charge in [-0.05, 0) is 49.4 Å². The Bertz CT molecular complexity index is 888. The number of nitro benzene ring substituents is 1. The summed E-state index contributed by atoms with van der Waals surface area (Å²) in [4.78, 5) is 25.8. The Morgan fingerprint density at radius 1 is 1.11 bits per heavy atom. The molecule has 2 fully saturated rings. The van der Waals surface area contributed by atoms with Crippen molar-refractivity contribution in [2.45, 2.75) is 31.2 Å². The van der Waals surface area contributed by atoms with E-state index < -0.39 is 0 Å². The van der Waals surface area contributed by atoms with Gasteiger partial charge in [0.15, 0.2) is 0 Å². The van der Waals surface area contributed by atoms with Crippen LogP contribution in [0, 0.1) is 16.0 Å². The van der Waals surface area contributed by atoms with E-state index in [4.69, 9.17) is 0 Å². The van der Waals surface area contributed by atoms with Gasteiger partial charge in [0.1, 0.15) is 5.69 Å². The van der Waals surface area contributed by atoms with E-state index in [1.54, 1.807) is 12.1 Å². The highest BCUT2D eigenvalue weighted by Gasteiger charge is 2.46. The Hall–Kier alpha value is -2.41. The van der Waals surface area contributed by atoms with E-state index in [1.165, 1.54) is 6.07 Å². The monoisotopic (exact) mass is 443 g/mol. The highest BCUT2D eigenvalue weighted by atomic mass is 79.9. The highest BCUT2D eigenvalue weighted by Crippen LogP contribution is 2.46. The number of anilines is 1. The molecule has 2 aromatic rings. The van der Waals surface area contributed by atoms with Crippen LogP contribution in [0.25, 0.3) is 0 Å². The zero-order valence-corrected chi connectivity index (χ0v) is 17.0. The van der Waals surface area contributed by atoms with Crippen molar-refractivity contribution in [3.8, 4) is 0 Å².